The van der Waals surface area contributed by atoms with Crippen LogP contribution < -0.4 is 9.80 Å². The molecule has 7 nitrogen and oxygen atoms in total. The van der Waals surface area contributed by atoms with E-state index in [4.69, 9.17) is 0 Å². The number of aromatic nitrogens is 5. The number of hydrogen-bond donors (Lipinski definition) is 0. The molecule has 3 aliphatic heterocycles. The molecule has 120 valence electrons. The third-order valence-corrected chi connectivity index (χ3v) is 4.94. The Balaban J connectivity index is 1.45. The Labute approximate surface area is 139 Å². The fourth-order valence-electron chi connectivity index (χ4n) is 3.84. The van der Waals surface area contributed by atoms with Gasteiger partial charge in [-0.05, 0) is 25.5 Å². The molecule has 0 radical (unpaired) electrons. The van der Waals surface area contributed by atoms with Crippen molar-refractivity contribution in [1.29, 1.82) is 0 Å². The van der Waals surface area contributed by atoms with Gasteiger partial charge in [0, 0.05) is 31.0 Å². The lowest BCUT2D eigenvalue weighted by Gasteiger charge is -2.57. The summed E-state index contributed by atoms with van der Waals surface area (Å²) in [6, 6.07) is 6.96. The van der Waals surface area contributed by atoms with Crippen molar-refractivity contribution in [2.24, 2.45) is 0 Å². The van der Waals surface area contributed by atoms with Gasteiger partial charge in [0.05, 0.1) is 17.5 Å². The van der Waals surface area contributed by atoms with Crippen LogP contribution in [0.1, 0.15) is 12.1 Å². The van der Waals surface area contributed by atoms with Crippen molar-refractivity contribution in [2.75, 3.05) is 22.9 Å². The molecule has 0 N–H and O–H groups in total. The quantitative estimate of drug-likeness (QED) is 0.710. The molecule has 2 unspecified atom stereocenters. The predicted octanol–water partition coefficient (Wildman–Crippen LogP) is 1.59. The largest absolute Gasteiger partial charge is 0.352 e. The summed E-state index contributed by atoms with van der Waals surface area (Å²) in [5, 5.41) is 1.03. The first kappa shape index (κ1) is 13.6. The fourth-order valence-corrected chi connectivity index (χ4v) is 3.84. The summed E-state index contributed by atoms with van der Waals surface area (Å²) in [7, 11) is 0. The highest BCUT2D eigenvalue weighted by molar-refractivity contribution is 5.87. The van der Waals surface area contributed by atoms with E-state index in [1.807, 2.05) is 13.0 Å². The third kappa shape index (κ3) is 2.01. The van der Waals surface area contributed by atoms with E-state index in [0.717, 1.165) is 41.5 Å². The molecule has 0 aliphatic carbocycles. The second-order valence-corrected chi connectivity index (χ2v) is 6.45. The molecule has 3 aromatic rings. The molecular weight excluding hydrogens is 302 g/mol. The molecule has 3 aliphatic rings. The molecule has 0 saturated carbocycles. The van der Waals surface area contributed by atoms with Crippen LogP contribution in [0.3, 0.4) is 0 Å². The van der Waals surface area contributed by atoms with Gasteiger partial charge in [0.15, 0.2) is 5.65 Å². The molecule has 2 bridgehead atoms. The van der Waals surface area contributed by atoms with Crippen molar-refractivity contribution >= 4 is 22.7 Å². The van der Waals surface area contributed by atoms with E-state index < -0.39 is 0 Å². The lowest BCUT2D eigenvalue weighted by molar-refractivity contribution is 0.288. The average Bonchev–Trinajstić information content (AvgIpc) is 2.62. The Morgan fingerprint density at radius 2 is 1.83 bits per heavy atom. The summed E-state index contributed by atoms with van der Waals surface area (Å²) >= 11 is 0. The zero-order chi connectivity index (χ0) is 16.1. The van der Waals surface area contributed by atoms with Gasteiger partial charge in [0.1, 0.15) is 24.3 Å². The number of piperazine rings is 1. The molecular formula is C17H17N7. The molecule has 3 fully saturated rings. The van der Waals surface area contributed by atoms with Gasteiger partial charge in [0.25, 0.3) is 0 Å². The summed E-state index contributed by atoms with van der Waals surface area (Å²) in [4.78, 5) is 26.6. The number of hydrogen-bond acceptors (Lipinski definition) is 7. The van der Waals surface area contributed by atoms with Crippen molar-refractivity contribution in [3.8, 4) is 0 Å². The second-order valence-electron chi connectivity index (χ2n) is 6.45. The van der Waals surface area contributed by atoms with Crippen LogP contribution >= 0.6 is 0 Å². The SMILES string of the molecule is Cc1cc(N2CC3CC(C2)N3c2ncnc3ncccc23)ncn1. The van der Waals surface area contributed by atoms with E-state index >= 15 is 0 Å². The maximum absolute atomic E-state index is 4.55. The number of anilines is 2. The van der Waals surface area contributed by atoms with Crippen LogP contribution in [0.2, 0.25) is 0 Å². The van der Waals surface area contributed by atoms with E-state index in [2.05, 4.69) is 46.9 Å². The van der Waals surface area contributed by atoms with Gasteiger partial charge in [0.2, 0.25) is 0 Å². The van der Waals surface area contributed by atoms with Crippen LogP contribution in [0.25, 0.3) is 11.0 Å². The molecule has 0 amide bonds. The topological polar surface area (TPSA) is 70.9 Å². The third-order valence-electron chi connectivity index (χ3n) is 4.94. The van der Waals surface area contributed by atoms with Gasteiger partial charge in [-0.1, -0.05) is 0 Å². The van der Waals surface area contributed by atoms with E-state index in [-0.39, 0.29) is 0 Å². The van der Waals surface area contributed by atoms with Gasteiger partial charge in [-0.3, -0.25) is 0 Å². The summed E-state index contributed by atoms with van der Waals surface area (Å²) in [5.74, 6) is 2.03. The van der Waals surface area contributed by atoms with E-state index in [1.54, 1.807) is 18.9 Å². The normalized spacial score (nSPS) is 22.5. The van der Waals surface area contributed by atoms with Crippen molar-refractivity contribution < 1.29 is 0 Å². The number of fused-ring (bicyclic) bond motifs is 3. The molecule has 6 heterocycles. The van der Waals surface area contributed by atoms with E-state index in [1.165, 1.54) is 6.42 Å². The number of pyridine rings is 1. The Morgan fingerprint density at radius 3 is 2.67 bits per heavy atom. The average molecular weight is 319 g/mol. The van der Waals surface area contributed by atoms with Crippen molar-refractivity contribution in [1.82, 2.24) is 24.9 Å². The minimum Gasteiger partial charge on any atom is -0.352 e. The monoisotopic (exact) mass is 319 g/mol. The Kier molecular flexibility index (Phi) is 2.88. The van der Waals surface area contributed by atoms with Crippen molar-refractivity contribution in [2.45, 2.75) is 25.4 Å². The van der Waals surface area contributed by atoms with Gasteiger partial charge in [-0.15, -0.1) is 0 Å². The maximum atomic E-state index is 4.55. The fraction of sp³-hybridized carbons (Fsp3) is 0.353. The first-order valence-corrected chi connectivity index (χ1v) is 8.17. The highest BCUT2D eigenvalue weighted by atomic mass is 15.4. The minimum atomic E-state index is 0.456. The molecule has 3 saturated heterocycles. The van der Waals surface area contributed by atoms with E-state index in [9.17, 15) is 0 Å². The number of piperidine rings is 1. The number of aryl methyl sites for hydroxylation is 1. The van der Waals surface area contributed by atoms with Crippen LogP contribution in [0.5, 0.6) is 0 Å². The highest BCUT2D eigenvalue weighted by Gasteiger charge is 2.46. The van der Waals surface area contributed by atoms with Gasteiger partial charge in [-0.25, -0.2) is 24.9 Å². The van der Waals surface area contributed by atoms with Gasteiger partial charge >= 0.3 is 0 Å². The molecule has 24 heavy (non-hydrogen) atoms. The van der Waals surface area contributed by atoms with Gasteiger partial charge in [-0.2, -0.15) is 0 Å². The first-order valence-electron chi connectivity index (χ1n) is 8.17. The summed E-state index contributed by atoms with van der Waals surface area (Å²) in [5.41, 5.74) is 1.76. The molecule has 2 atom stereocenters. The number of nitrogens with zero attached hydrogens (tertiary/aromatic N) is 7. The summed E-state index contributed by atoms with van der Waals surface area (Å²) < 4.78 is 0. The Hall–Kier alpha value is -2.83. The predicted molar refractivity (Wildman–Crippen MR) is 91.0 cm³/mol. The Bertz CT molecular complexity index is 895. The minimum absolute atomic E-state index is 0.456. The highest BCUT2D eigenvalue weighted by Crippen LogP contribution is 2.39. The lowest BCUT2D eigenvalue weighted by Crippen LogP contribution is -2.69. The van der Waals surface area contributed by atoms with Crippen molar-refractivity contribution in [3.63, 3.8) is 0 Å². The zero-order valence-corrected chi connectivity index (χ0v) is 13.4. The molecule has 0 aromatic carbocycles. The van der Waals surface area contributed by atoms with Gasteiger partial charge < -0.3 is 9.80 Å². The van der Waals surface area contributed by atoms with Crippen LogP contribution in [-0.4, -0.2) is 50.1 Å². The molecule has 3 aromatic heterocycles. The summed E-state index contributed by atoms with van der Waals surface area (Å²) in [6.07, 6.45) is 6.23. The lowest BCUT2D eigenvalue weighted by atomic mass is 9.87. The number of rotatable bonds is 2. The second kappa shape index (κ2) is 5.09. The standard InChI is InChI=1S/C17H17N7/c1-11-5-15(20-9-19-11)23-7-12-6-13(8-23)24(12)17-14-3-2-4-18-16(14)21-10-22-17/h2-5,9-10,12-13H,6-8H2,1H3. The molecule has 0 spiro atoms. The van der Waals surface area contributed by atoms with Crippen LogP contribution in [0, 0.1) is 6.92 Å². The van der Waals surface area contributed by atoms with E-state index in [0.29, 0.717) is 12.1 Å². The van der Waals surface area contributed by atoms with Crippen molar-refractivity contribution in [3.05, 3.63) is 42.7 Å². The summed E-state index contributed by atoms with van der Waals surface area (Å²) in [6.45, 7) is 3.92. The van der Waals surface area contributed by atoms with Crippen LogP contribution in [0.4, 0.5) is 11.6 Å². The molecule has 6 rings (SSSR count). The zero-order valence-electron chi connectivity index (χ0n) is 13.4. The maximum Gasteiger partial charge on any atom is 0.164 e. The smallest absolute Gasteiger partial charge is 0.164 e. The van der Waals surface area contributed by atoms with Crippen LogP contribution in [-0.2, 0) is 0 Å². The molecule has 7 heteroatoms. The first-order chi connectivity index (χ1) is 11.8. The van der Waals surface area contributed by atoms with Crippen LogP contribution in [0.15, 0.2) is 37.1 Å². The Morgan fingerprint density at radius 1 is 1.00 bits per heavy atom.